The van der Waals surface area contributed by atoms with E-state index in [9.17, 15) is 5.11 Å². The molecule has 2 aliphatic heterocycles. The van der Waals surface area contributed by atoms with Gasteiger partial charge < -0.3 is 9.67 Å². The van der Waals surface area contributed by atoms with Gasteiger partial charge in [0.25, 0.3) is 0 Å². The fourth-order valence-electron chi connectivity index (χ4n) is 2.36. The quantitative estimate of drug-likeness (QED) is 0.797. The van der Waals surface area contributed by atoms with E-state index in [1.54, 1.807) is 0 Å². The zero-order valence-electron chi connectivity index (χ0n) is 11.1. The fraction of sp³-hybridized carbons (Fsp3) is 0.188. The van der Waals surface area contributed by atoms with Gasteiger partial charge in [-0.2, -0.15) is 0 Å². The molecule has 0 aliphatic carbocycles. The molecule has 1 unspecified atom stereocenters. The van der Waals surface area contributed by atoms with Crippen molar-refractivity contribution in [3.63, 3.8) is 0 Å². The summed E-state index contributed by atoms with van der Waals surface area (Å²) in [6.07, 6.45) is 1.35. The summed E-state index contributed by atoms with van der Waals surface area (Å²) in [4.78, 5) is 4.48. The molecule has 1 N–H and O–H groups in total. The Morgan fingerprint density at radius 3 is 2.70 bits per heavy atom. The maximum Gasteiger partial charge on any atom is 0.141 e. The molecule has 0 fully saturated rings. The van der Waals surface area contributed by atoms with Crippen molar-refractivity contribution in [2.24, 2.45) is 0 Å². The smallest absolute Gasteiger partial charge is 0.141 e. The lowest BCUT2D eigenvalue weighted by Crippen LogP contribution is -2.11. The van der Waals surface area contributed by atoms with Crippen molar-refractivity contribution in [3.05, 3.63) is 64.9 Å². The van der Waals surface area contributed by atoms with Crippen LogP contribution in [-0.2, 0) is 6.54 Å². The first kappa shape index (κ1) is 13.2. The molecule has 1 aromatic carbocycles. The Hall–Kier alpha value is -1.84. The predicted octanol–water partition coefficient (Wildman–Crippen LogP) is 3.68. The largest absolute Gasteiger partial charge is 0.387 e. The van der Waals surface area contributed by atoms with Crippen LogP contribution in [0.5, 0.6) is 0 Å². The van der Waals surface area contributed by atoms with Gasteiger partial charge in [0.1, 0.15) is 5.82 Å². The first-order valence-corrected chi connectivity index (χ1v) is 6.88. The standard InChI is InChI=1S/C16H15ClN2O/c1-11-15(17)13-8-5-9-19(16(13)18-11)10-14(20)12-6-3-2-4-7-12/h2-9,14,20H,10H2,1H3. The number of hydrogen-bond donors (Lipinski definition) is 1. The van der Waals surface area contributed by atoms with Crippen LogP contribution in [0.15, 0.2) is 48.7 Å². The highest BCUT2D eigenvalue weighted by Crippen LogP contribution is 2.32. The summed E-state index contributed by atoms with van der Waals surface area (Å²) in [7, 11) is 0. The number of aliphatic hydroxyl groups is 1. The van der Waals surface area contributed by atoms with Gasteiger partial charge in [-0.05, 0) is 24.6 Å². The van der Waals surface area contributed by atoms with E-state index in [0.29, 0.717) is 11.6 Å². The molecule has 1 atom stereocenters. The zero-order valence-corrected chi connectivity index (χ0v) is 11.9. The third kappa shape index (κ3) is 2.30. The Morgan fingerprint density at radius 1 is 1.20 bits per heavy atom. The number of pyridine rings is 1. The lowest BCUT2D eigenvalue weighted by atomic mass is 10.1. The van der Waals surface area contributed by atoms with Gasteiger partial charge in [-0.1, -0.05) is 41.9 Å². The molecular weight excluding hydrogens is 272 g/mol. The number of fused-ring (bicyclic) bond motifs is 1. The molecule has 0 bridgehead atoms. The predicted molar refractivity (Wildman–Crippen MR) is 80.0 cm³/mol. The molecule has 2 aliphatic rings. The summed E-state index contributed by atoms with van der Waals surface area (Å²) in [5.74, 6) is 0.810. The van der Waals surface area contributed by atoms with Gasteiger partial charge in [-0.25, -0.2) is 4.98 Å². The molecule has 0 amide bonds. The molecule has 0 spiro atoms. The fourth-order valence-corrected chi connectivity index (χ4v) is 2.55. The summed E-state index contributed by atoms with van der Waals surface area (Å²) >= 11 is 6.23. The maximum atomic E-state index is 10.3. The summed E-state index contributed by atoms with van der Waals surface area (Å²) in [6, 6.07) is 13.5. The topological polar surface area (TPSA) is 38.0 Å². The molecule has 0 saturated carbocycles. The number of halogens is 1. The summed E-state index contributed by atoms with van der Waals surface area (Å²) < 4.78 is 1.94. The maximum absolute atomic E-state index is 10.3. The molecular formula is C16H15ClN2O. The Labute approximate surface area is 122 Å². The number of aromatic nitrogens is 2. The van der Waals surface area contributed by atoms with E-state index >= 15 is 0 Å². The minimum absolute atomic E-state index is 0.453. The molecule has 2 heterocycles. The van der Waals surface area contributed by atoms with E-state index in [1.807, 2.05) is 60.2 Å². The van der Waals surface area contributed by atoms with Crippen LogP contribution in [0.2, 0.25) is 5.02 Å². The SMILES string of the molecule is Cc1nc2n(CC(O)c3ccccc3)cccc-2c1Cl. The van der Waals surface area contributed by atoms with Crippen molar-refractivity contribution in [1.82, 2.24) is 9.55 Å². The van der Waals surface area contributed by atoms with Gasteiger partial charge in [-0.15, -0.1) is 0 Å². The van der Waals surface area contributed by atoms with Crippen molar-refractivity contribution < 1.29 is 5.11 Å². The highest BCUT2D eigenvalue weighted by atomic mass is 35.5. The molecule has 0 aromatic heterocycles. The van der Waals surface area contributed by atoms with E-state index in [0.717, 1.165) is 22.6 Å². The molecule has 3 rings (SSSR count). The average molecular weight is 287 g/mol. The lowest BCUT2D eigenvalue weighted by molar-refractivity contribution is 0.156. The number of aryl methyl sites for hydroxylation is 1. The van der Waals surface area contributed by atoms with Crippen LogP contribution < -0.4 is 0 Å². The van der Waals surface area contributed by atoms with Gasteiger partial charge in [-0.3, -0.25) is 0 Å². The number of nitrogens with zero attached hydrogens (tertiary/aromatic N) is 2. The Kier molecular flexibility index (Phi) is 3.47. The number of hydrogen-bond acceptors (Lipinski definition) is 2. The monoisotopic (exact) mass is 286 g/mol. The minimum atomic E-state index is -0.567. The van der Waals surface area contributed by atoms with Gasteiger partial charge in [0.2, 0.25) is 0 Å². The van der Waals surface area contributed by atoms with E-state index in [-0.39, 0.29) is 0 Å². The van der Waals surface area contributed by atoms with E-state index in [1.165, 1.54) is 0 Å². The van der Waals surface area contributed by atoms with Crippen molar-refractivity contribution >= 4 is 11.6 Å². The van der Waals surface area contributed by atoms with Gasteiger partial charge in [0, 0.05) is 11.8 Å². The third-order valence-electron chi connectivity index (χ3n) is 3.42. The number of benzene rings is 1. The second kappa shape index (κ2) is 5.27. The van der Waals surface area contributed by atoms with Crippen molar-refractivity contribution in [2.45, 2.75) is 19.6 Å². The van der Waals surface area contributed by atoms with Crippen LogP contribution in [0, 0.1) is 6.92 Å². The summed E-state index contributed by atoms with van der Waals surface area (Å²) in [5.41, 5.74) is 2.63. The zero-order chi connectivity index (χ0) is 14.1. The van der Waals surface area contributed by atoms with E-state index in [4.69, 9.17) is 11.6 Å². The molecule has 4 heteroatoms. The van der Waals surface area contributed by atoms with Crippen molar-refractivity contribution in [2.75, 3.05) is 0 Å². The van der Waals surface area contributed by atoms with Crippen LogP contribution in [0.3, 0.4) is 0 Å². The molecule has 0 saturated heterocycles. The third-order valence-corrected chi connectivity index (χ3v) is 3.90. The van der Waals surface area contributed by atoms with Crippen LogP contribution in [0.1, 0.15) is 17.4 Å². The Bertz CT molecular complexity index is 693. The molecule has 102 valence electrons. The molecule has 20 heavy (non-hydrogen) atoms. The Balaban J connectivity index is 1.93. The van der Waals surface area contributed by atoms with Crippen LogP contribution in [0.4, 0.5) is 0 Å². The van der Waals surface area contributed by atoms with Crippen LogP contribution >= 0.6 is 11.6 Å². The van der Waals surface area contributed by atoms with Crippen molar-refractivity contribution in [3.8, 4) is 11.4 Å². The summed E-state index contributed by atoms with van der Waals surface area (Å²) in [5, 5.41) is 11.0. The minimum Gasteiger partial charge on any atom is -0.387 e. The van der Waals surface area contributed by atoms with Gasteiger partial charge in [0.05, 0.1) is 23.4 Å². The van der Waals surface area contributed by atoms with Crippen LogP contribution in [0.25, 0.3) is 11.4 Å². The van der Waals surface area contributed by atoms with Gasteiger partial charge in [0.15, 0.2) is 0 Å². The number of aliphatic hydroxyl groups excluding tert-OH is 1. The highest BCUT2D eigenvalue weighted by Gasteiger charge is 2.18. The highest BCUT2D eigenvalue weighted by molar-refractivity contribution is 6.34. The first-order valence-electron chi connectivity index (χ1n) is 6.51. The Morgan fingerprint density at radius 2 is 1.95 bits per heavy atom. The van der Waals surface area contributed by atoms with Crippen molar-refractivity contribution in [1.29, 1.82) is 0 Å². The van der Waals surface area contributed by atoms with Gasteiger partial charge >= 0.3 is 0 Å². The lowest BCUT2D eigenvalue weighted by Gasteiger charge is -2.16. The normalized spacial score (nSPS) is 12.8. The first-order chi connectivity index (χ1) is 9.66. The van der Waals surface area contributed by atoms with E-state index in [2.05, 4.69) is 4.98 Å². The van der Waals surface area contributed by atoms with Crippen LogP contribution in [-0.4, -0.2) is 14.7 Å². The second-order valence-corrected chi connectivity index (χ2v) is 5.21. The average Bonchev–Trinajstić information content (AvgIpc) is 2.77. The molecule has 3 nitrogen and oxygen atoms in total. The second-order valence-electron chi connectivity index (χ2n) is 4.84. The number of rotatable bonds is 3. The summed E-state index contributed by atoms with van der Waals surface area (Å²) in [6.45, 7) is 2.34. The molecule has 1 aromatic rings. The molecule has 0 radical (unpaired) electrons. The van der Waals surface area contributed by atoms with E-state index < -0.39 is 6.10 Å².